The molecule has 0 unspecified atom stereocenters. The molecule has 2 heteroatoms. The second kappa shape index (κ2) is 4.63. The van der Waals surface area contributed by atoms with Gasteiger partial charge in [-0.1, -0.05) is 18.2 Å². The molecule has 0 amide bonds. The maximum absolute atomic E-state index is 3.57. The summed E-state index contributed by atoms with van der Waals surface area (Å²) < 4.78 is 0. The Hall–Kier alpha value is -1.12. The number of hydrogen-bond acceptors (Lipinski definition) is 2. The van der Waals surface area contributed by atoms with Crippen LogP contribution < -0.4 is 5.32 Å². The molecule has 1 aliphatic rings. The molecule has 0 aliphatic heterocycles. The third kappa shape index (κ3) is 2.59. The Balaban J connectivity index is 1.83. The molecule has 0 bridgehead atoms. The third-order valence-corrected chi connectivity index (χ3v) is 4.16. The quantitative estimate of drug-likeness (QED) is 0.856. The predicted molar refractivity (Wildman–Crippen MR) is 74.4 cm³/mol. The van der Waals surface area contributed by atoms with Crippen LogP contribution in [0.25, 0.3) is 10.4 Å². The number of benzene rings is 1. The van der Waals surface area contributed by atoms with E-state index in [0.717, 1.165) is 12.6 Å². The van der Waals surface area contributed by atoms with Gasteiger partial charge in [-0.3, -0.25) is 0 Å². The third-order valence-electron chi connectivity index (χ3n) is 3.26. The van der Waals surface area contributed by atoms with Gasteiger partial charge in [0.05, 0.1) is 0 Å². The van der Waals surface area contributed by atoms with E-state index in [9.17, 15) is 0 Å². The Bertz CT molecular complexity index is 498. The number of aryl methyl sites for hydroxylation is 1. The van der Waals surface area contributed by atoms with Crippen molar-refractivity contribution in [1.29, 1.82) is 0 Å². The van der Waals surface area contributed by atoms with Crippen molar-refractivity contribution in [2.75, 3.05) is 0 Å². The van der Waals surface area contributed by atoms with Gasteiger partial charge in [-0.05, 0) is 54.0 Å². The summed E-state index contributed by atoms with van der Waals surface area (Å²) in [6.07, 6.45) is 2.70. The first-order valence-electron chi connectivity index (χ1n) is 6.20. The van der Waals surface area contributed by atoms with Crippen LogP contribution in [0.15, 0.2) is 35.7 Å². The van der Waals surface area contributed by atoms with Crippen LogP contribution in [0.3, 0.4) is 0 Å². The van der Waals surface area contributed by atoms with Gasteiger partial charge in [0.15, 0.2) is 0 Å². The maximum Gasteiger partial charge on any atom is 0.0345 e. The van der Waals surface area contributed by atoms with E-state index in [1.165, 1.54) is 34.4 Å². The van der Waals surface area contributed by atoms with Crippen LogP contribution in [0.4, 0.5) is 0 Å². The van der Waals surface area contributed by atoms with Gasteiger partial charge in [0.2, 0.25) is 0 Å². The van der Waals surface area contributed by atoms with E-state index in [-0.39, 0.29) is 0 Å². The molecular formula is C15H17NS. The standard InChI is InChI=1S/C15H17NS/c1-11-4-5-12(10-16-13-6-7-13)9-14(11)15-3-2-8-17-15/h2-5,8-9,13,16H,6-7,10H2,1H3. The zero-order valence-corrected chi connectivity index (χ0v) is 10.9. The lowest BCUT2D eigenvalue weighted by molar-refractivity contribution is 0.688. The average Bonchev–Trinajstić information content (AvgIpc) is 3.01. The second-order valence-corrected chi connectivity index (χ2v) is 5.73. The van der Waals surface area contributed by atoms with Gasteiger partial charge in [0.1, 0.15) is 0 Å². The minimum Gasteiger partial charge on any atom is -0.310 e. The highest BCUT2D eigenvalue weighted by molar-refractivity contribution is 7.13. The van der Waals surface area contributed by atoms with Crippen LogP contribution in [-0.4, -0.2) is 6.04 Å². The highest BCUT2D eigenvalue weighted by Crippen LogP contribution is 2.29. The number of rotatable bonds is 4. The van der Waals surface area contributed by atoms with Gasteiger partial charge in [0.25, 0.3) is 0 Å². The molecule has 0 atom stereocenters. The summed E-state index contributed by atoms with van der Waals surface area (Å²) in [4.78, 5) is 1.37. The lowest BCUT2D eigenvalue weighted by Crippen LogP contribution is -2.15. The number of hydrogen-bond donors (Lipinski definition) is 1. The number of thiophene rings is 1. The minimum atomic E-state index is 0.779. The summed E-state index contributed by atoms with van der Waals surface area (Å²) in [5.41, 5.74) is 4.14. The first-order chi connectivity index (χ1) is 8.33. The van der Waals surface area contributed by atoms with Crippen LogP contribution >= 0.6 is 11.3 Å². The van der Waals surface area contributed by atoms with Crippen LogP contribution in [0.1, 0.15) is 24.0 Å². The molecule has 2 aromatic rings. The fourth-order valence-electron chi connectivity index (χ4n) is 2.03. The van der Waals surface area contributed by atoms with Crippen molar-refractivity contribution in [3.05, 3.63) is 46.8 Å². The second-order valence-electron chi connectivity index (χ2n) is 4.78. The van der Waals surface area contributed by atoms with Gasteiger partial charge in [-0.25, -0.2) is 0 Å². The van der Waals surface area contributed by atoms with E-state index in [2.05, 4.69) is 48.0 Å². The summed E-state index contributed by atoms with van der Waals surface area (Å²) >= 11 is 1.82. The van der Waals surface area contributed by atoms with E-state index < -0.39 is 0 Å². The maximum atomic E-state index is 3.57. The molecule has 3 rings (SSSR count). The molecule has 1 N–H and O–H groups in total. The molecule has 1 aromatic carbocycles. The number of nitrogens with one attached hydrogen (secondary N) is 1. The van der Waals surface area contributed by atoms with E-state index in [1.54, 1.807) is 0 Å². The summed E-state index contributed by atoms with van der Waals surface area (Å²) in [7, 11) is 0. The van der Waals surface area contributed by atoms with Gasteiger partial charge in [-0.2, -0.15) is 0 Å². The highest BCUT2D eigenvalue weighted by Gasteiger charge is 2.19. The van der Waals surface area contributed by atoms with Gasteiger partial charge < -0.3 is 5.32 Å². The van der Waals surface area contributed by atoms with Gasteiger partial charge >= 0.3 is 0 Å². The van der Waals surface area contributed by atoms with Crippen molar-refractivity contribution in [3.63, 3.8) is 0 Å². The first kappa shape index (κ1) is 11.0. The Morgan fingerprint density at radius 1 is 1.29 bits per heavy atom. The fraction of sp³-hybridized carbons (Fsp3) is 0.333. The monoisotopic (exact) mass is 243 g/mol. The van der Waals surface area contributed by atoms with E-state index >= 15 is 0 Å². The Labute approximate surface area is 106 Å². The van der Waals surface area contributed by atoms with Crippen molar-refractivity contribution < 1.29 is 0 Å². The van der Waals surface area contributed by atoms with Crippen molar-refractivity contribution >= 4 is 11.3 Å². The van der Waals surface area contributed by atoms with Gasteiger partial charge in [0, 0.05) is 17.5 Å². The lowest BCUT2D eigenvalue weighted by atomic mass is 10.0. The van der Waals surface area contributed by atoms with Crippen LogP contribution in [0, 0.1) is 6.92 Å². The molecule has 0 saturated heterocycles. The summed E-state index contributed by atoms with van der Waals surface area (Å²) in [6, 6.07) is 11.9. The summed E-state index contributed by atoms with van der Waals surface area (Å²) in [6.45, 7) is 3.19. The zero-order valence-electron chi connectivity index (χ0n) is 10.1. The topological polar surface area (TPSA) is 12.0 Å². The molecule has 1 saturated carbocycles. The van der Waals surface area contributed by atoms with Crippen LogP contribution in [0.5, 0.6) is 0 Å². The molecule has 1 aliphatic carbocycles. The molecule has 1 heterocycles. The Morgan fingerprint density at radius 2 is 2.18 bits per heavy atom. The van der Waals surface area contributed by atoms with Crippen molar-refractivity contribution in [2.45, 2.75) is 32.4 Å². The average molecular weight is 243 g/mol. The molecule has 1 aromatic heterocycles. The van der Waals surface area contributed by atoms with Gasteiger partial charge in [-0.15, -0.1) is 11.3 Å². The minimum absolute atomic E-state index is 0.779. The Kier molecular flexibility index (Phi) is 3.00. The molecule has 1 nitrogen and oxygen atoms in total. The molecular weight excluding hydrogens is 226 g/mol. The zero-order chi connectivity index (χ0) is 11.7. The molecule has 0 spiro atoms. The molecule has 17 heavy (non-hydrogen) atoms. The van der Waals surface area contributed by atoms with Crippen molar-refractivity contribution in [1.82, 2.24) is 5.32 Å². The fourth-order valence-corrected chi connectivity index (χ4v) is 2.83. The SMILES string of the molecule is Cc1ccc(CNC2CC2)cc1-c1cccs1. The molecule has 1 fully saturated rings. The van der Waals surface area contributed by atoms with Crippen LogP contribution in [0.2, 0.25) is 0 Å². The first-order valence-corrected chi connectivity index (χ1v) is 7.08. The largest absolute Gasteiger partial charge is 0.310 e. The summed E-state index contributed by atoms with van der Waals surface area (Å²) in [5.74, 6) is 0. The molecule has 88 valence electrons. The smallest absolute Gasteiger partial charge is 0.0345 e. The highest BCUT2D eigenvalue weighted by atomic mass is 32.1. The normalized spacial score (nSPS) is 15.1. The predicted octanol–water partition coefficient (Wildman–Crippen LogP) is 3.98. The van der Waals surface area contributed by atoms with E-state index in [0.29, 0.717) is 0 Å². The van der Waals surface area contributed by atoms with E-state index in [1.807, 2.05) is 11.3 Å². The van der Waals surface area contributed by atoms with Crippen molar-refractivity contribution in [2.24, 2.45) is 0 Å². The molecule has 0 radical (unpaired) electrons. The van der Waals surface area contributed by atoms with Crippen molar-refractivity contribution in [3.8, 4) is 10.4 Å². The summed E-state index contributed by atoms with van der Waals surface area (Å²) in [5, 5.41) is 5.71. The Morgan fingerprint density at radius 3 is 2.88 bits per heavy atom. The van der Waals surface area contributed by atoms with E-state index in [4.69, 9.17) is 0 Å². The van der Waals surface area contributed by atoms with Crippen LogP contribution in [-0.2, 0) is 6.54 Å². The lowest BCUT2D eigenvalue weighted by Gasteiger charge is -2.08.